The number of fused-ring (bicyclic) bond motifs is 1. The fraction of sp³-hybridized carbons (Fsp3) is 0.125. The number of aromatic nitrogens is 1. The molecule has 1 aromatic heterocycles. The minimum absolute atomic E-state index is 0.0160. The number of non-ortho nitro benzene ring substituents is 1. The maximum atomic E-state index is 12.2. The Balaban J connectivity index is 2.08. The highest BCUT2D eigenvalue weighted by Gasteiger charge is 2.11. The Morgan fingerprint density at radius 1 is 1.22 bits per heavy atom. The van der Waals surface area contributed by atoms with E-state index in [1.54, 1.807) is 29.8 Å². The predicted octanol–water partition coefficient (Wildman–Crippen LogP) is 3.20. The predicted molar refractivity (Wildman–Crippen MR) is 88.5 cm³/mol. The smallest absolute Gasteiger partial charge is 0.279 e. The Bertz CT molecular complexity index is 984. The third kappa shape index (κ3) is 2.91. The summed E-state index contributed by atoms with van der Waals surface area (Å²) in [4.78, 5) is 27.3. The second-order valence-corrected chi connectivity index (χ2v) is 6.14. The van der Waals surface area contributed by atoms with Crippen LogP contribution in [0.1, 0.15) is 15.9 Å². The lowest BCUT2D eigenvalue weighted by atomic mass is 10.1. The lowest BCUT2D eigenvalue weighted by Gasteiger charge is -1.97. The second kappa shape index (κ2) is 5.77. The average molecular weight is 327 g/mol. The molecule has 0 fully saturated rings. The molecule has 0 radical (unpaired) electrons. The van der Waals surface area contributed by atoms with Gasteiger partial charge in [0.25, 0.3) is 11.6 Å². The molecule has 2 aromatic carbocycles. The van der Waals surface area contributed by atoms with Crippen molar-refractivity contribution in [2.75, 3.05) is 0 Å². The van der Waals surface area contributed by atoms with Crippen LogP contribution in [-0.4, -0.2) is 15.4 Å². The number of carbonyl (C=O) groups excluding carboxylic acids is 1. The van der Waals surface area contributed by atoms with Gasteiger partial charge in [-0.25, -0.2) is 0 Å². The van der Waals surface area contributed by atoms with Crippen molar-refractivity contribution >= 4 is 33.1 Å². The molecule has 3 rings (SSSR count). The molecule has 1 amide bonds. The lowest BCUT2D eigenvalue weighted by Crippen LogP contribution is -2.13. The zero-order valence-corrected chi connectivity index (χ0v) is 13.3. The summed E-state index contributed by atoms with van der Waals surface area (Å²) in [6.45, 7) is 1.95. The Morgan fingerprint density at radius 3 is 2.57 bits per heavy atom. The first kappa shape index (κ1) is 15.1. The van der Waals surface area contributed by atoms with Crippen molar-refractivity contribution < 1.29 is 9.72 Å². The summed E-state index contributed by atoms with van der Waals surface area (Å²) >= 11 is 1.32. The van der Waals surface area contributed by atoms with Gasteiger partial charge in [0.15, 0.2) is 4.80 Å². The van der Waals surface area contributed by atoms with E-state index in [0.717, 1.165) is 10.3 Å². The van der Waals surface area contributed by atoms with Crippen LogP contribution in [-0.2, 0) is 7.05 Å². The number of carbonyl (C=O) groups is 1. The molecule has 116 valence electrons. The van der Waals surface area contributed by atoms with Crippen LogP contribution < -0.4 is 4.80 Å². The fourth-order valence-electron chi connectivity index (χ4n) is 2.18. The molecule has 0 bridgehead atoms. The average Bonchev–Trinajstić information content (AvgIpc) is 2.83. The van der Waals surface area contributed by atoms with Gasteiger partial charge in [0.1, 0.15) is 0 Å². The molecule has 0 saturated heterocycles. The minimum Gasteiger partial charge on any atom is -0.319 e. The molecule has 0 saturated carbocycles. The molecule has 1 heterocycles. The summed E-state index contributed by atoms with van der Waals surface area (Å²) in [7, 11) is 1.74. The Labute approximate surface area is 135 Å². The highest BCUT2D eigenvalue weighted by atomic mass is 32.1. The molecular formula is C16H13N3O3S. The topological polar surface area (TPSA) is 77.5 Å². The van der Waals surface area contributed by atoms with Crippen LogP contribution in [0.5, 0.6) is 0 Å². The molecule has 23 heavy (non-hydrogen) atoms. The number of aryl methyl sites for hydroxylation is 2. The van der Waals surface area contributed by atoms with E-state index in [4.69, 9.17) is 0 Å². The van der Waals surface area contributed by atoms with E-state index in [2.05, 4.69) is 4.99 Å². The molecule has 0 aliphatic carbocycles. The van der Waals surface area contributed by atoms with Gasteiger partial charge < -0.3 is 4.57 Å². The van der Waals surface area contributed by atoms with Crippen LogP contribution in [0.2, 0.25) is 0 Å². The molecule has 0 N–H and O–H groups in total. The quantitative estimate of drug-likeness (QED) is 0.535. The van der Waals surface area contributed by atoms with Gasteiger partial charge in [0.2, 0.25) is 0 Å². The van der Waals surface area contributed by atoms with Gasteiger partial charge in [0.05, 0.1) is 15.1 Å². The monoisotopic (exact) mass is 327 g/mol. The van der Waals surface area contributed by atoms with Gasteiger partial charge in [-0.1, -0.05) is 29.0 Å². The van der Waals surface area contributed by atoms with E-state index < -0.39 is 4.92 Å². The zero-order valence-electron chi connectivity index (χ0n) is 12.5. The Morgan fingerprint density at radius 2 is 1.91 bits per heavy atom. The molecule has 0 aliphatic heterocycles. The standard InChI is InChI=1S/C16H13N3O3S/c1-10-3-5-11(6-4-10)15(20)17-16-18(2)13-9-12(19(21)22)7-8-14(13)23-16/h3-9H,1-2H3. The first-order chi connectivity index (χ1) is 11.0. The van der Waals surface area contributed by atoms with Crippen molar-refractivity contribution in [2.45, 2.75) is 6.92 Å². The molecular weight excluding hydrogens is 314 g/mol. The van der Waals surface area contributed by atoms with Crippen molar-refractivity contribution in [2.24, 2.45) is 12.0 Å². The number of benzene rings is 2. The number of rotatable bonds is 2. The van der Waals surface area contributed by atoms with E-state index in [1.807, 2.05) is 19.1 Å². The first-order valence-electron chi connectivity index (χ1n) is 6.85. The van der Waals surface area contributed by atoms with Crippen molar-refractivity contribution in [3.8, 4) is 0 Å². The molecule has 0 spiro atoms. The summed E-state index contributed by atoms with van der Waals surface area (Å²) in [6, 6.07) is 11.8. The van der Waals surface area contributed by atoms with Crippen molar-refractivity contribution in [3.05, 3.63) is 68.5 Å². The summed E-state index contributed by atoms with van der Waals surface area (Å²) < 4.78 is 2.53. The summed E-state index contributed by atoms with van der Waals surface area (Å²) in [5, 5.41) is 10.9. The normalized spacial score (nSPS) is 11.8. The first-order valence-corrected chi connectivity index (χ1v) is 7.67. The number of hydrogen-bond donors (Lipinski definition) is 0. The Hall–Kier alpha value is -2.80. The van der Waals surface area contributed by atoms with Gasteiger partial charge in [0, 0.05) is 24.7 Å². The molecule has 3 aromatic rings. The SMILES string of the molecule is Cc1ccc(C(=O)N=c2sc3ccc([N+](=O)[O-])cc3n2C)cc1. The zero-order chi connectivity index (χ0) is 16.6. The summed E-state index contributed by atoms with van der Waals surface area (Å²) in [5.74, 6) is -0.332. The molecule has 7 heteroatoms. The van der Waals surface area contributed by atoms with E-state index in [-0.39, 0.29) is 11.6 Å². The van der Waals surface area contributed by atoms with E-state index in [0.29, 0.717) is 15.9 Å². The van der Waals surface area contributed by atoms with Crippen LogP contribution in [0, 0.1) is 17.0 Å². The molecule has 0 unspecified atom stereocenters. The molecule has 0 aliphatic rings. The molecule has 6 nitrogen and oxygen atoms in total. The summed E-state index contributed by atoms with van der Waals surface area (Å²) in [5.41, 5.74) is 2.28. The van der Waals surface area contributed by atoms with Gasteiger partial charge in [-0.3, -0.25) is 14.9 Å². The van der Waals surface area contributed by atoms with Crippen molar-refractivity contribution in [3.63, 3.8) is 0 Å². The number of thiazole rings is 1. The van der Waals surface area contributed by atoms with E-state index >= 15 is 0 Å². The summed E-state index contributed by atoms with van der Waals surface area (Å²) in [6.07, 6.45) is 0. The number of amides is 1. The van der Waals surface area contributed by atoms with E-state index in [1.165, 1.54) is 23.5 Å². The second-order valence-electron chi connectivity index (χ2n) is 5.14. The van der Waals surface area contributed by atoms with E-state index in [9.17, 15) is 14.9 Å². The van der Waals surface area contributed by atoms with Crippen molar-refractivity contribution in [1.82, 2.24) is 4.57 Å². The van der Waals surface area contributed by atoms with Crippen LogP contribution in [0.25, 0.3) is 10.2 Å². The maximum Gasteiger partial charge on any atom is 0.279 e. The molecule has 0 atom stereocenters. The van der Waals surface area contributed by atoms with Gasteiger partial charge in [-0.15, -0.1) is 0 Å². The van der Waals surface area contributed by atoms with Crippen LogP contribution in [0.4, 0.5) is 5.69 Å². The number of nitro groups is 1. The van der Waals surface area contributed by atoms with Crippen LogP contribution in [0.3, 0.4) is 0 Å². The maximum absolute atomic E-state index is 12.2. The minimum atomic E-state index is -0.439. The lowest BCUT2D eigenvalue weighted by molar-refractivity contribution is -0.384. The van der Waals surface area contributed by atoms with Crippen LogP contribution in [0.15, 0.2) is 47.5 Å². The largest absolute Gasteiger partial charge is 0.319 e. The number of nitro benzene ring substituents is 1. The number of nitrogens with zero attached hydrogens (tertiary/aromatic N) is 3. The van der Waals surface area contributed by atoms with Crippen LogP contribution >= 0.6 is 11.3 Å². The highest BCUT2D eigenvalue weighted by Crippen LogP contribution is 2.22. The highest BCUT2D eigenvalue weighted by molar-refractivity contribution is 7.16. The van der Waals surface area contributed by atoms with Crippen molar-refractivity contribution in [1.29, 1.82) is 0 Å². The van der Waals surface area contributed by atoms with Gasteiger partial charge in [-0.2, -0.15) is 4.99 Å². The van der Waals surface area contributed by atoms with Gasteiger partial charge in [-0.05, 0) is 25.1 Å². The third-order valence-corrected chi connectivity index (χ3v) is 4.61. The number of hydrogen-bond acceptors (Lipinski definition) is 4. The Kier molecular flexibility index (Phi) is 3.79. The third-order valence-electron chi connectivity index (χ3n) is 3.50. The fourth-order valence-corrected chi connectivity index (χ4v) is 3.18. The van der Waals surface area contributed by atoms with Gasteiger partial charge >= 0.3 is 0 Å².